The van der Waals surface area contributed by atoms with Crippen molar-refractivity contribution in [1.82, 2.24) is 9.80 Å². The van der Waals surface area contributed by atoms with Crippen LogP contribution in [0.1, 0.15) is 20.0 Å². The number of piperazine rings is 1. The number of methoxy groups -OCH3 is 1. The Kier molecular flexibility index (Phi) is 5.17. The lowest BCUT2D eigenvalue weighted by Gasteiger charge is -2.34. The van der Waals surface area contributed by atoms with Crippen molar-refractivity contribution in [2.75, 3.05) is 33.3 Å². The predicted molar refractivity (Wildman–Crippen MR) is 95.8 cm³/mol. The molecule has 2 aromatic rings. The smallest absolute Gasteiger partial charge is 0.311 e. The predicted octanol–water partition coefficient (Wildman–Crippen LogP) is 2.26. The maximum absolute atomic E-state index is 12.8. The molecule has 0 spiro atoms. The van der Waals surface area contributed by atoms with E-state index in [1.54, 1.807) is 15.9 Å². The maximum Gasteiger partial charge on any atom is 0.311 e. The molecular weight excluding hydrogens is 358 g/mol. The molecule has 0 saturated carbocycles. The molecule has 1 fully saturated rings. The quantitative estimate of drug-likeness (QED) is 0.604. The van der Waals surface area contributed by atoms with E-state index in [9.17, 15) is 19.7 Å². The number of carbonyl (C=O) groups is 2. The Morgan fingerprint density at radius 3 is 2.27 bits per heavy atom. The molecule has 9 heteroatoms. The van der Waals surface area contributed by atoms with Crippen molar-refractivity contribution in [1.29, 1.82) is 0 Å². The van der Waals surface area contributed by atoms with Gasteiger partial charge in [0.1, 0.15) is 0 Å². The highest BCUT2D eigenvalue weighted by molar-refractivity contribution is 7.12. The first kappa shape index (κ1) is 17.9. The minimum Gasteiger partial charge on any atom is -0.490 e. The number of para-hydroxylation sites is 1. The average Bonchev–Trinajstić information content (AvgIpc) is 3.21. The number of benzene rings is 1. The van der Waals surface area contributed by atoms with E-state index >= 15 is 0 Å². The first-order valence-corrected chi connectivity index (χ1v) is 8.84. The summed E-state index contributed by atoms with van der Waals surface area (Å²) >= 11 is 1.39. The number of hydrogen-bond acceptors (Lipinski definition) is 6. The van der Waals surface area contributed by atoms with Crippen LogP contribution in [0.3, 0.4) is 0 Å². The Hall–Kier alpha value is -2.94. The molecule has 0 radical (unpaired) electrons. The Bertz CT molecular complexity index is 829. The van der Waals surface area contributed by atoms with Crippen LogP contribution in [0.15, 0.2) is 35.7 Å². The molecule has 0 unspecified atom stereocenters. The molecule has 1 aromatic carbocycles. The zero-order chi connectivity index (χ0) is 18.7. The summed E-state index contributed by atoms with van der Waals surface area (Å²) in [6.07, 6.45) is 0. The van der Waals surface area contributed by atoms with E-state index in [-0.39, 0.29) is 28.8 Å². The average molecular weight is 375 g/mol. The van der Waals surface area contributed by atoms with Crippen LogP contribution in [0, 0.1) is 10.1 Å². The fraction of sp³-hybridized carbons (Fsp3) is 0.294. The molecule has 1 saturated heterocycles. The van der Waals surface area contributed by atoms with E-state index in [1.165, 1.54) is 36.6 Å². The van der Waals surface area contributed by atoms with Crippen LogP contribution in [0.25, 0.3) is 0 Å². The van der Waals surface area contributed by atoms with E-state index in [2.05, 4.69) is 0 Å². The van der Waals surface area contributed by atoms with Crippen LogP contribution < -0.4 is 4.74 Å². The second-order valence-electron chi connectivity index (χ2n) is 5.68. The van der Waals surface area contributed by atoms with Gasteiger partial charge in [0.05, 0.1) is 22.5 Å². The van der Waals surface area contributed by atoms with Gasteiger partial charge in [0.25, 0.3) is 11.8 Å². The third-order valence-electron chi connectivity index (χ3n) is 4.21. The minimum absolute atomic E-state index is 0.0416. The Balaban J connectivity index is 1.72. The van der Waals surface area contributed by atoms with Gasteiger partial charge in [-0.2, -0.15) is 0 Å². The molecule has 136 valence electrons. The van der Waals surface area contributed by atoms with E-state index in [4.69, 9.17) is 4.74 Å². The van der Waals surface area contributed by atoms with Gasteiger partial charge in [0, 0.05) is 32.2 Å². The highest BCUT2D eigenvalue weighted by Gasteiger charge is 2.29. The van der Waals surface area contributed by atoms with Crippen molar-refractivity contribution >= 4 is 28.8 Å². The lowest BCUT2D eigenvalue weighted by molar-refractivity contribution is -0.385. The van der Waals surface area contributed by atoms with Crippen LogP contribution in [0.2, 0.25) is 0 Å². The van der Waals surface area contributed by atoms with Gasteiger partial charge >= 0.3 is 5.69 Å². The minimum atomic E-state index is -0.576. The lowest BCUT2D eigenvalue weighted by Crippen LogP contribution is -2.50. The van der Waals surface area contributed by atoms with Crippen molar-refractivity contribution < 1.29 is 19.2 Å². The van der Waals surface area contributed by atoms with Gasteiger partial charge in [0.15, 0.2) is 0 Å². The summed E-state index contributed by atoms with van der Waals surface area (Å²) in [5, 5.41) is 13.0. The number of thiophene rings is 1. The lowest BCUT2D eigenvalue weighted by atomic mass is 10.1. The zero-order valence-corrected chi connectivity index (χ0v) is 14.9. The SMILES string of the molecule is COc1c(C(=O)N2CCN(C(=O)c3cccs3)CC2)cccc1[N+](=O)[O-]. The van der Waals surface area contributed by atoms with Crippen molar-refractivity contribution in [3.05, 3.63) is 56.3 Å². The normalized spacial score (nSPS) is 14.2. The van der Waals surface area contributed by atoms with Gasteiger partial charge in [-0.1, -0.05) is 12.1 Å². The Morgan fingerprint density at radius 1 is 1.08 bits per heavy atom. The number of amides is 2. The molecule has 2 heterocycles. The molecular formula is C17H17N3O5S. The summed E-state index contributed by atoms with van der Waals surface area (Å²) in [6.45, 7) is 1.56. The number of nitro benzene ring substituents is 1. The van der Waals surface area contributed by atoms with Crippen molar-refractivity contribution in [3.8, 4) is 5.75 Å². The van der Waals surface area contributed by atoms with Crippen LogP contribution in [-0.4, -0.2) is 59.8 Å². The second kappa shape index (κ2) is 7.52. The summed E-state index contributed by atoms with van der Waals surface area (Å²) in [6, 6.07) is 7.87. The molecule has 3 rings (SSSR count). The number of ether oxygens (including phenoxy) is 1. The van der Waals surface area contributed by atoms with E-state index in [0.29, 0.717) is 31.1 Å². The molecule has 0 atom stereocenters. The van der Waals surface area contributed by atoms with Gasteiger partial charge in [-0.25, -0.2) is 0 Å². The van der Waals surface area contributed by atoms with Crippen LogP contribution in [0.5, 0.6) is 5.75 Å². The van der Waals surface area contributed by atoms with E-state index in [0.717, 1.165) is 0 Å². The Morgan fingerprint density at radius 2 is 1.73 bits per heavy atom. The van der Waals surface area contributed by atoms with Gasteiger partial charge in [-0.3, -0.25) is 19.7 Å². The van der Waals surface area contributed by atoms with Crippen LogP contribution in [-0.2, 0) is 0 Å². The number of carbonyl (C=O) groups excluding carboxylic acids is 2. The summed E-state index contributed by atoms with van der Waals surface area (Å²) in [5.41, 5.74) is -0.0930. The Labute approximate surface area is 153 Å². The largest absolute Gasteiger partial charge is 0.490 e. The maximum atomic E-state index is 12.8. The third kappa shape index (κ3) is 3.38. The number of rotatable bonds is 4. The molecule has 0 aliphatic carbocycles. The van der Waals surface area contributed by atoms with Crippen molar-refractivity contribution in [3.63, 3.8) is 0 Å². The molecule has 26 heavy (non-hydrogen) atoms. The fourth-order valence-electron chi connectivity index (χ4n) is 2.89. The summed E-state index contributed by atoms with van der Waals surface area (Å²) in [4.78, 5) is 39.7. The number of hydrogen-bond donors (Lipinski definition) is 0. The van der Waals surface area contributed by atoms with Crippen LogP contribution >= 0.6 is 11.3 Å². The van der Waals surface area contributed by atoms with Gasteiger partial charge < -0.3 is 14.5 Å². The molecule has 0 bridgehead atoms. The molecule has 0 N–H and O–H groups in total. The monoisotopic (exact) mass is 375 g/mol. The van der Waals surface area contributed by atoms with Crippen molar-refractivity contribution in [2.45, 2.75) is 0 Å². The molecule has 1 aromatic heterocycles. The first-order valence-electron chi connectivity index (χ1n) is 7.96. The molecule has 8 nitrogen and oxygen atoms in total. The highest BCUT2D eigenvalue weighted by Crippen LogP contribution is 2.31. The highest BCUT2D eigenvalue weighted by atomic mass is 32.1. The number of nitro groups is 1. The third-order valence-corrected chi connectivity index (χ3v) is 5.07. The van der Waals surface area contributed by atoms with Crippen LogP contribution in [0.4, 0.5) is 5.69 Å². The first-order chi connectivity index (χ1) is 12.5. The summed E-state index contributed by atoms with van der Waals surface area (Å²) in [7, 11) is 1.30. The zero-order valence-electron chi connectivity index (χ0n) is 14.1. The summed E-state index contributed by atoms with van der Waals surface area (Å²) in [5.74, 6) is -0.423. The second-order valence-corrected chi connectivity index (χ2v) is 6.62. The topological polar surface area (TPSA) is 93.0 Å². The van der Waals surface area contributed by atoms with Gasteiger partial charge in [-0.15, -0.1) is 11.3 Å². The standard InChI is InChI=1S/C17H17N3O5S/c1-25-15-12(4-2-5-13(15)20(23)24)16(21)18-7-9-19(10-8-18)17(22)14-6-3-11-26-14/h2-6,11H,7-10H2,1H3. The summed E-state index contributed by atoms with van der Waals surface area (Å²) < 4.78 is 5.11. The van der Waals surface area contributed by atoms with E-state index < -0.39 is 4.92 Å². The van der Waals surface area contributed by atoms with Gasteiger partial charge in [-0.05, 0) is 17.5 Å². The molecule has 2 amide bonds. The van der Waals surface area contributed by atoms with Gasteiger partial charge in [0.2, 0.25) is 5.75 Å². The van der Waals surface area contributed by atoms with Crippen molar-refractivity contribution in [2.24, 2.45) is 0 Å². The number of nitrogens with zero attached hydrogens (tertiary/aromatic N) is 3. The van der Waals surface area contributed by atoms with E-state index in [1.807, 2.05) is 11.4 Å². The molecule has 1 aliphatic heterocycles. The fourth-order valence-corrected chi connectivity index (χ4v) is 3.58. The molecule has 1 aliphatic rings.